The first-order valence-electron chi connectivity index (χ1n) is 10.1. The number of carbonyl (C=O) groups is 1. The average molecular weight is 466 g/mol. The molecule has 2 aromatic carbocycles. The minimum absolute atomic E-state index is 0.124. The molecule has 1 N–H and O–H groups in total. The Morgan fingerprint density at radius 3 is 2.62 bits per heavy atom. The van der Waals surface area contributed by atoms with Crippen LogP contribution in [0.5, 0.6) is 5.75 Å². The Kier molecular flexibility index (Phi) is 7.18. The molecule has 0 fully saturated rings. The second-order valence-corrected chi connectivity index (χ2v) is 8.71. The molecule has 0 radical (unpaired) electrons. The Bertz CT molecular complexity index is 1170. The maximum absolute atomic E-state index is 12.5. The van der Waals surface area contributed by atoms with Gasteiger partial charge in [-0.2, -0.15) is 0 Å². The third kappa shape index (κ3) is 5.35. The monoisotopic (exact) mass is 465 g/mol. The van der Waals surface area contributed by atoms with Crippen LogP contribution in [0.15, 0.2) is 65.1 Å². The summed E-state index contributed by atoms with van der Waals surface area (Å²) < 4.78 is 7.24. The van der Waals surface area contributed by atoms with E-state index >= 15 is 0 Å². The molecule has 0 spiro atoms. The molecule has 2 heterocycles. The summed E-state index contributed by atoms with van der Waals surface area (Å²) >= 11 is 2.78. The summed E-state index contributed by atoms with van der Waals surface area (Å²) in [5.74, 6) is 1.80. The van der Waals surface area contributed by atoms with Gasteiger partial charge in [0.15, 0.2) is 10.3 Å². The molecule has 0 saturated carbocycles. The van der Waals surface area contributed by atoms with Gasteiger partial charge in [0, 0.05) is 23.9 Å². The molecule has 0 aliphatic rings. The van der Waals surface area contributed by atoms with Crippen LogP contribution in [0.1, 0.15) is 18.3 Å². The van der Waals surface area contributed by atoms with Gasteiger partial charge >= 0.3 is 0 Å². The number of nitrogens with zero attached hydrogens (tertiary/aromatic N) is 4. The van der Waals surface area contributed by atoms with Crippen molar-refractivity contribution >= 4 is 34.1 Å². The highest BCUT2D eigenvalue weighted by atomic mass is 32.2. The summed E-state index contributed by atoms with van der Waals surface area (Å²) in [6, 6.07) is 17.8. The van der Waals surface area contributed by atoms with Crippen molar-refractivity contribution in [3.63, 3.8) is 0 Å². The number of ether oxygens (including phenoxy) is 1. The number of amides is 1. The van der Waals surface area contributed by atoms with Gasteiger partial charge in [-0.25, -0.2) is 4.98 Å². The summed E-state index contributed by atoms with van der Waals surface area (Å²) in [7, 11) is 1.64. The number of aromatic nitrogens is 4. The molecule has 164 valence electrons. The van der Waals surface area contributed by atoms with Gasteiger partial charge in [0.1, 0.15) is 11.6 Å². The fourth-order valence-electron chi connectivity index (χ4n) is 3.16. The molecule has 0 aliphatic heterocycles. The van der Waals surface area contributed by atoms with E-state index in [4.69, 9.17) is 4.74 Å². The normalized spacial score (nSPS) is 10.8. The number of thiazole rings is 1. The Hall–Kier alpha value is -3.17. The lowest BCUT2D eigenvalue weighted by molar-refractivity contribution is -0.113. The minimum Gasteiger partial charge on any atom is -0.497 e. The lowest BCUT2D eigenvalue weighted by Gasteiger charge is -2.07. The van der Waals surface area contributed by atoms with E-state index in [0.717, 1.165) is 34.5 Å². The molecule has 0 bridgehead atoms. The van der Waals surface area contributed by atoms with Crippen LogP contribution in [0.3, 0.4) is 0 Å². The molecular formula is C23H23N5O2S2. The van der Waals surface area contributed by atoms with Gasteiger partial charge in [-0.3, -0.25) is 4.79 Å². The number of benzene rings is 2. The van der Waals surface area contributed by atoms with E-state index in [-0.39, 0.29) is 11.7 Å². The maximum Gasteiger partial charge on any atom is 0.236 e. The SMILES string of the molecule is CCn1c(Cc2ccccc2)nnc1SCC(=O)Nc1nc(-c2ccc(OC)cc2)cs1. The van der Waals surface area contributed by atoms with Crippen LogP contribution in [0.4, 0.5) is 5.13 Å². The van der Waals surface area contributed by atoms with Gasteiger partial charge in [-0.05, 0) is 36.8 Å². The van der Waals surface area contributed by atoms with Crippen molar-refractivity contribution in [1.29, 1.82) is 0 Å². The Balaban J connectivity index is 1.35. The van der Waals surface area contributed by atoms with Crippen LogP contribution in [0, 0.1) is 0 Å². The van der Waals surface area contributed by atoms with Crippen molar-refractivity contribution in [2.24, 2.45) is 0 Å². The van der Waals surface area contributed by atoms with Crippen LogP contribution in [-0.2, 0) is 17.8 Å². The Morgan fingerprint density at radius 1 is 1.12 bits per heavy atom. The molecule has 7 nitrogen and oxygen atoms in total. The van der Waals surface area contributed by atoms with E-state index in [2.05, 4.69) is 44.1 Å². The number of hydrogen-bond acceptors (Lipinski definition) is 7. The van der Waals surface area contributed by atoms with Crippen molar-refractivity contribution < 1.29 is 9.53 Å². The van der Waals surface area contributed by atoms with Crippen LogP contribution >= 0.6 is 23.1 Å². The topological polar surface area (TPSA) is 81.9 Å². The first-order valence-corrected chi connectivity index (χ1v) is 12.0. The fourth-order valence-corrected chi connectivity index (χ4v) is 4.72. The zero-order chi connectivity index (χ0) is 22.3. The van der Waals surface area contributed by atoms with Gasteiger partial charge in [-0.15, -0.1) is 21.5 Å². The van der Waals surface area contributed by atoms with Crippen LogP contribution in [0.25, 0.3) is 11.3 Å². The Morgan fingerprint density at radius 2 is 1.91 bits per heavy atom. The van der Waals surface area contributed by atoms with E-state index in [1.165, 1.54) is 28.7 Å². The van der Waals surface area contributed by atoms with Gasteiger partial charge in [0.2, 0.25) is 5.91 Å². The van der Waals surface area contributed by atoms with E-state index in [0.29, 0.717) is 11.6 Å². The average Bonchev–Trinajstić information content (AvgIpc) is 3.45. The van der Waals surface area contributed by atoms with Crippen LogP contribution in [0.2, 0.25) is 0 Å². The second kappa shape index (κ2) is 10.4. The predicted molar refractivity (Wildman–Crippen MR) is 128 cm³/mol. The van der Waals surface area contributed by atoms with Gasteiger partial charge in [0.05, 0.1) is 18.6 Å². The molecule has 0 atom stereocenters. The van der Waals surface area contributed by atoms with Crippen molar-refractivity contribution in [2.75, 3.05) is 18.2 Å². The summed E-state index contributed by atoms with van der Waals surface area (Å²) in [6.07, 6.45) is 0.710. The molecule has 32 heavy (non-hydrogen) atoms. The standard InChI is InChI=1S/C23H23N5O2S2/c1-3-28-20(13-16-7-5-4-6-8-16)26-27-23(28)32-15-21(29)25-22-24-19(14-31-22)17-9-11-18(30-2)12-10-17/h4-12,14H,3,13,15H2,1-2H3,(H,24,25,29). The zero-order valence-corrected chi connectivity index (χ0v) is 19.4. The largest absolute Gasteiger partial charge is 0.497 e. The van der Waals surface area contributed by atoms with Crippen LogP contribution in [-0.4, -0.2) is 38.5 Å². The number of thioether (sulfide) groups is 1. The second-order valence-electron chi connectivity index (χ2n) is 6.91. The maximum atomic E-state index is 12.5. The number of carbonyl (C=O) groups excluding carboxylic acids is 1. The number of hydrogen-bond donors (Lipinski definition) is 1. The first kappa shape index (κ1) is 22.0. The molecule has 0 saturated heterocycles. The van der Waals surface area contributed by atoms with E-state index in [1.54, 1.807) is 7.11 Å². The summed E-state index contributed by atoms with van der Waals surface area (Å²) in [5.41, 5.74) is 2.97. The van der Waals surface area contributed by atoms with E-state index in [1.807, 2.05) is 47.8 Å². The van der Waals surface area contributed by atoms with Crippen molar-refractivity contribution in [1.82, 2.24) is 19.7 Å². The number of methoxy groups -OCH3 is 1. The molecule has 1 amide bonds. The molecule has 9 heteroatoms. The highest BCUT2D eigenvalue weighted by Gasteiger charge is 2.14. The molecule has 2 aromatic heterocycles. The van der Waals surface area contributed by atoms with Gasteiger partial charge in [0.25, 0.3) is 0 Å². The lowest BCUT2D eigenvalue weighted by atomic mass is 10.1. The van der Waals surface area contributed by atoms with Gasteiger partial charge in [-0.1, -0.05) is 42.1 Å². The fraction of sp³-hybridized carbons (Fsp3) is 0.217. The minimum atomic E-state index is -0.124. The summed E-state index contributed by atoms with van der Waals surface area (Å²) in [4.78, 5) is 17.0. The smallest absolute Gasteiger partial charge is 0.236 e. The highest BCUT2D eigenvalue weighted by molar-refractivity contribution is 7.99. The third-order valence-corrected chi connectivity index (χ3v) is 6.51. The number of anilines is 1. The summed E-state index contributed by atoms with van der Waals surface area (Å²) in [6.45, 7) is 2.80. The van der Waals surface area contributed by atoms with E-state index in [9.17, 15) is 4.79 Å². The first-order chi connectivity index (χ1) is 15.7. The van der Waals surface area contributed by atoms with Crippen molar-refractivity contribution in [3.05, 3.63) is 71.4 Å². The molecule has 4 rings (SSSR count). The molecule has 4 aromatic rings. The molecular weight excluding hydrogens is 442 g/mol. The molecule has 0 aliphatic carbocycles. The third-order valence-electron chi connectivity index (χ3n) is 4.78. The van der Waals surface area contributed by atoms with Crippen LogP contribution < -0.4 is 10.1 Å². The van der Waals surface area contributed by atoms with Gasteiger partial charge < -0.3 is 14.6 Å². The predicted octanol–water partition coefficient (Wildman–Crippen LogP) is 4.75. The quantitative estimate of drug-likeness (QED) is 0.359. The zero-order valence-electron chi connectivity index (χ0n) is 17.8. The number of rotatable bonds is 9. The molecule has 0 unspecified atom stereocenters. The lowest BCUT2D eigenvalue weighted by Crippen LogP contribution is -2.14. The summed E-state index contributed by atoms with van der Waals surface area (Å²) in [5, 5.41) is 14.7. The highest BCUT2D eigenvalue weighted by Crippen LogP contribution is 2.27. The Labute approximate surface area is 194 Å². The van der Waals surface area contributed by atoms with Crippen molar-refractivity contribution in [2.45, 2.75) is 25.0 Å². The van der Waals surface area contributed by atoms with E-state index < -0.39 is 0 Å². The number of nitrogens with one attached hydrogen (secondary N) is 1. The van der Waals surface area contributed by atoms with Crippen molar-refractivity contribution in [3.8, 4) is 17.0 Å².